The van der Waals surface area contributed by atoms with Gasteiger partial charge in [0.1, 0.15) is 5.82 Å². The molecule has 98 valence electrons. The van der Waals surface area contributed by atoms with Gasteiger partial charge in [0.15, 0.2) is 0 Å². The minimum atomic E-state index is -1.01. The summed E-state index contributed by atoms with van der Waals surface area (Å²) in [6, 6.07) is 8.07. The van der Waals surface area contributed by atoms with Gasteiger partial charge in [0.2, 0.25) is 0 Å². The Morgan fingerprint density at radius 2 is 2.05 bits per heavy atom. The van der Waals surface area contributed by atoms with Crippen LogP contribution in [0, 0.1) is 6.92 Å². The fraction of sp³-hybridized carbons (Fsp3) is 0.0769. The van der Waals surface area contributed by atoms with E-state index in [4.69, 9.17) is 28.3 Å². The van der Waals surface area contributed by atoms with Crippen molar-refractivity contribution in [2.45, 2.75) is 6.92 Å². The Labute approximate surface area is 120 Å². The van der Waals surface area contributed by atoms with Crippen molar-refractivity contribution in [1.82, 2.24) is 4.98 Å². The van der Waals surface area contributed by atoms with Crippen LogP contribution in [0.3, 0.4) is 0 Å². The molecule has 0 aliphatic rings. The minimum absolute atomic E-state index is 0.160. The molecule has 1 heterocycles. The molecule has 0 atom stereocenters. The van der Waals surface area contributed by atoms with Crippen molar-refractivity contribution >= 4 is 40.7 Å². The summed E-state index contributed by atoms with van der Waals surface area (Å²) in [6.07, 6.45) is 0. The molecule has 1 aromatic carbocycles. The van der Waals surface area contributed by atoms with Crippen LogP contribution in [0.15, 0.2) is 30.3 Å². The first-order valence-electron chi connectivity index (χ1n) is 5.40. The number of nitrogens with zero attached hydrogens (tertiary/aromatic N) is 1. The second-order valence-electron chi connectivity index (χ2n) is 3.91. The summed E-state index contributed by atoms with van der Waals surface area (Å²) in [4.78, 5) is 15.2. The van der Waals surface area contributed by atoms with E-state index in [1.165, 1.54) is 12.1 Å². The molecule has 2 N–H and O–H groups in total. The molecular formula is C13H10Cl2N2O2. The Balaban J connectivity index is 2.38. The number of hydrogen-bond acceptors (Lipinski definition) is 3. The van der Waals surface area contributed by atoms with E-state index in [0.717, 1.165) is 0 Å². The molecule has 4 nitrogen and oxygen atoms in total. The number of benzene rings is 1. The van der Waals surface area contributed by atoms with E-state index in [-0.39, 0.29) is 5.56 Å². The fourth-order valence-electron chi connectivity index (χ4n) is 1.59. The highest BCUT2D eigenvalue weighted by Crippen LogP contribution is 2.31. The monoisotopic (exact) mass is 296 g/mol. The second-order valence-corrected chi connectivity index (χ2v) is 4.70. The lowest BCUT2D eigenvalue weighted by Crippen LogP contribution is -2.02. The molecule has 0 spiro atoms. The number of halogens is 2. The standard InChI is InChI=1S/C13H10Cl2N2O2/c1-7-5-8(13(18)19)6-11(16-7)17-10-4-2-3-9(14)12(10)15/h2-6H,1H3,(H,16,17)(H,18,19). The molecule has 0 bridgehead atoms. The molecule has 0 fully saturated rings. The van der Waals surface area contributed by atoms with Crippen molar-refractivity contribution in [3.05, 3.63) is 51.6 Å². The van der Waals surface area contributed by atoms with Gasteiger partial charge in [-0.2, -0.15) is 0 Å². The van der Waals surface area contributed by atoms with Gasteiger partial charge in [0, 0.05) is 5.69 Å². The molecule has 1 aromatic heterocycles. The topological polar surface area (TPSA) is 62.2 Å². The molecule has 2 rings (SSSR count). The molecule has 0 radical (unpaired) electrons. The van der Waals surface area contributed by atoms with Crippen molar-refractivity contribution in [3.63, 3.8) is 0 Å². The molecule has 2 aromatic rings. The number of pyridine rings is 1. The van der Waals surface area contributed by atoms with Crippen LogP contribution >= 0.6 is 23.2 Å². The lowest BCUT2D eigenvalue weighted by molar-refractivity contribution is 0.0696. The molecule has 0 unspecified atom stereocenters. The minimum Gasteiger partial charge on any atom is -0.478 e. The van der Waals surface area contributed by atoms with Crippen LogP contribution in [0.4, 0.5) is 11.5 Å². The van der Waals surface area contributed by atoms with Crippen molar-refractivity contribution in [2.75, 3.05) is 5.32 Å². The second kappa shape index (κ2) is 5.47. The van der Waals surface area contributed by atoms with Crippen molar-refractivity contribution < 1.29 is 9.90 Å². The van der Waals surface area contributed by atoms with Crippen LogP contribution < -0.4 is 5.32 Å². The van der Waals surface area contributed by atoms with Crippen LogP contribution in [-0.4, -0.2) is 16.1 Å². The zero-order chi connectivity index (χ0) is 14.0. The van der Waals surface area contributed by atoms with Gasteiger partial charge in [-0.3, -0.25) is 0 Å². The number of aromatic nitrogens is 1. The van der Waals surface area contributed by atoms with E-state index >= 15 is 0 Å². The first kappa shape index (κ1) is 13.6. The number of anilines is 2. The summed E-state index contributed by atoms with van der Waals surface area (Å²) in [5.74, 6) is -0.604. The fourth-order valence-corrected chi connectivity index (χ4v) is 1.94. The summed E-state index contributed by atoms with van der Waals surface area (Å²) in [6.45, 7) is 1.72. The maximum Gasteiger partial charge on any atom is 0.335 e. The number of carboxylic acids is 1. The first-order chi connectivity index (χ1) is 8.97. The number of carbonyl (C=O) groups is 1. The summed E-state index contributed by atoms with van der Waals surface area (Å²) in [7, 11) is 0. The van der Waals surface area contributed by atoms with Crippen LogP contribution in [-0.2, 0) is 0 Å². The number of nitrogens with one attached hydrogen (secondary N) is 1. The molecule has 19 heavy (non-hydrogen) atoms. The Morgan fingerprint density at radius 3 is 2.74 bits per heavy atom. The van der Waals surface area contributed by atoms with E-state index < -0.39 is 5.97 Å². The van der Waals surface area contributed by atoms with Gasteiger partial charge in [0.05, 0.1) is 21.3 Å². The summed E-state index contributed by atoms with van der Waals surface area (Å²) in [5.41, 5.74) is 1.33. The predicted octanol–water partition coefficient (Wildman–Crippen LogP) is 4.14. The van der Waals surface area contributed by atoms with Crippen LogP contribution in [0.2, 0.25) is 10.0 Å². The number of hydrogen-bond donors (Lipinski definition) is 2. The number of rotatable bonds is 3. The third kappa shape index (κ3) is 3.16. The zero-order valence-corrected chi connectivity index (χ0v) is 11.5. The molecule has 0 saturated heterocycles. The summed E-state index contributed by atoms with van der Waals surface area (Å²) >= 11 is 12.0. The van der Waals surface area contributed by atoms with Gasteiger partial charge in [-0.1, -0.05) is 29.3 Å². The average Bonchev–Trinajstić information content (AvgIpc) is 2.34. The van der Waals surface area contributed by atoms with E-state index in [1.807, 2.05) is 0 Å². The first-order valence-corrected chi connectivity index (χ1v) is 6.16. The van der Waals surface area contributed by atoms with Gasteiger partial charge in [-0.05, 0) is 31.2 Å². The summed E-state index contributed by atoms with van der Waals surface area (Å²) in [5, 5.41) is 12.7. The molecule has 0 amide bonds. The van der Waals surface area contributed by atoms with E-state index in [1.54, 1.807) is 25.1 Å². The molecule has 0 aliphatic carbocycles. The molecular weight excluding hydrogens is 287 g/mol. The lowest BCUT2D eigenvalue weighted by atomic mass is 10.2. The van der Waals surface area contributed by atoms with Crippen LogP contribution in [0.5, 0.6) is 0 Å². The quantitative estimate of drug-likeness (QED) is 0.893. The van der Waals surface area contributed by atoms with Gasteiger partial charge in [-0.25, -0.2) is 9.78 Å². The third-order valence-corrected chi connectivity index (χ3v) is 3.23. The Kier molecular flexibility index (Phi) is 3.93. The van der Waals surface area contributed by atoms with Crippen molar-refractivity contribution in [2.24, 2.45) is 0 Å². The average molecular weight is 297 g/mol. The maximum absolute atomic E-state index is 11.0. The smallest absolute Gasteiger partial charge is 0.335 e. The largest absolute Gasteiger partial charge is 0.478 e. The van der Waals surface area contributed by atoms with Crippen molar-refractivity contribution in [3.8, 4) is 0 Å². The molecule has 6 heteroatoms. The van der Waals surface area contributed by atoms with Gasteiger partial charge >= 0.3 is 5.97 Å². The Morgan fingerprint density at radius 1 is 1.32 bits per heavy atom. The Hall–Kier alpha value is -1.78. The number of carboxylic acid groups (broad SMARTS) is 1. The molecule has 0 aliphatic heterocycles. The third-order valence-electron chi connectivity index (χ3n) is 2.41. The highest BCUT2D eigenvalue weighted by molar-refractivity contribution is 6.43. The normalized spacial score (nSPS) is 10.3. The van der Waals surface area contributed by atoms with E-state index in [0.29, 0.717) is 27.2 Å². The van der Waals surface area contributed by atoms with Crippen molar-refractivity contribution in [1.29, 1.82) is 0 Å². The van der Waals surface area contributed by atoms with E-state index in [9.17, 15) is 4.79 Å². The van der Waals surface area contributed by atoms with E-state index in [2.05, 4.69) is 10.3 Å². The highest BCUT2D eigenvalue weighted by atomic mass is 35.5. The van der Waals surface area contributed by atoms with Gasteiger partial charge in [0.25, 0.3) is 0 Å². The van der Waals surface area contributed by atoms with Crippen LogP contribution in [0.1, 0.15) is 16.1 Å². The summed E-state index contributed by atoms with van der Waals surface area (Å²) < 4.78 is 0. The molecule has 0 saturated carbocycles. The Bertz CT molecular complexity index is 645. The number of aromatic carboxylic acids is 1. The number of aryl methyl sites for hydroxylation is 1. The maximum atomic E-state index is 11.0. The van der Waals surface area contributed by atoms with Crippen LogP contribution in [0.25, 0.3) is 0 Å². The zero-order valence-electron chi connectivity index (χ0n) is 9.95. The van der Waals surface area contributed by atoms with Gasteiger partial charge in [-0.15, -0.1) is 0 Å². The lowest BCUT2D eigenvalue weighted by Gasteiger charge is -2.10. The predicted molar refractivity (Wildman–Crippen MR) is 75.7 cm³/mol. The SMILES string of the molecule is Cc1cc(C(=O)O)cc(Nc2cccc(Cl)c2Cl)n1. The highest BCUT2D eigenvalue weighted by Gasteiger charge is 2.09. The van der Waals surface area contributed by atoms with Gasteiger partial charge < -0.3 is 10.4 Å².